The number of hydrogen-bond acceptors (Lipinski definition) is 4. The van der Waals surface area contributed by atoms with Crippen molar-refractivity contribution in [1.82, 2.24) is 11.0 Å². The molecule has 1 aliphatic heterocycles. The average molecular weight is 155 g/mol. The van der Waals surface area contributed by atoms with E-state index < -0.39 is 0 Å². The second-order valence-corrected chi connectivity index (χ2v) is 2.78. The molecule has 1 aromatic heterocycles. The molecule has 52 valence electrons. The van der Waals surface area contributed by atoms with Gasteiger partial charge in [-0.3, -0.25) is 15.6 Å². The molecule has 0 spiro atoms. The number of amides is 1. The lowest BCUT2D eigenvalue weighted by molar-refractivity contribution is 0.0932. The Bertz CT molecular complexity index is 270. The van der Waals surface area contributed by atoms with E-state index in [1.54, 1.807) is 6.07 Å². The third-order valence-corrected chi connectivity index (χ3v) is 2.09. The van der Waals surface area contributed by atoms with Crippen LogP contribution in [-0.4, -0.2) is 5.91 Å². The van der Waals surface area contributed by atoms with E-state index >= 15 is 0 Å². The molecule has 1 aromatic rings. The molecule has 0 fully saturated rings. The van der Waals surface area contributed by atoms with E-state index in [0.29, 0.717) is 5.56 Å². The lowest BCUT2D eigenvalue weighted by Gasteiger charge is -2.14. The lowest BCUT2D eigenvalue weighted by atomic mass is 10.3. The predicted octanol–water partition coefficient (Wildman–Crippen LogP) is 0.323. The van der Waals surface area contributed by atoms with Gasteiger partial charge in [0.25, 0.3) is 5.91 Å². The zero-order chi connectivity index (χ0) is 6.97. The van der Waals surface area contributed by atoms with Gasteiger partial charge >= 0.3 is 0 Å². The molecular formula is C5H5N3OS. The summed E-state index contributed by atoms with van der Waals surface area (Å²) in [5, 5.41) is 2.73. The lowest BCUT2D eigenvalue weighted by Crippen LogP contribution is -2.45. The van der Waals surface area contributed by atoms with Gasteiger partial charge in [0.15, 0.2) is 0 Å². The Hall–Kier alpha value is -1.07. The van der Waals surface area contributed by atoms with Crippen LogP contribution in [-0.2, 0) is 0 Å². The van der Waals surface area contributed by atoms with Gasteiger partial charge in [0.05, 0.1) is 5.56 Å². The molecule has 5 heteroatoms. The van der Waals surface area contributed by atoms with Gasteiger partial charge in [-0.05, 0) is 11.4 Å². The van der Waals surface area contributed by atoms with Crippen LogP contribution in [0.25, 0.3) is 0 Å². The summed E-state index contributed by atoms with van der Waals surface area (Å²) in [4.78, 5) is 10.9. The number of anilines is 1. The van der Waals surface area contributed by atoms with Crippen LogP contribution in [0.4, 0.5) is 5.00 Å². The smallest absolute Gasteiger partial charge is 0.269 e. The number of carbonyl (C=O) groups excluding carboxylic acids is 1. The van der Waals surface area contributed by atoms with Gasteiger partial charge in [0.2, 0.25) is 0 Å². The third kappa shape index (κ3) is 0.680. The molecule has 0 bridgehead atoms. The number of nitrogens with one attached hydrogen (secondary N) is 3. The van der Waals surface area contributed by atoms with E-state index in [0.717, 1.165) is 5.00 Å². The predicted molar refractivity (Wildman–Crippen MR) is 38.5 cm³/mol. The Morgan fingerprint density at radius 3 is 3.10 bits per heavy atom. The Balaban J connectivity index is 2.50. The number of fused-ring (bicyclic) bond motifs is 1. The van der Waals surface area contributed by atoms with E-state index in [4.69, 9.17) is 0 Å². The number of hydrogen-bond donors (Lipinski definition) is 3. The van der Waals surface area contributed by atoms with Gasteiger partial charge in [-0.15, -0.1) is 16.9 Å². The van der Waals surface area contributed by atoms with E-state index in [9.17, 15) is 4.79 Å². The van der Waals surface area contributed by atoms with Crippen molar-refractivity contribution in [3.05, 3.63) is 17.0 Å². The number of hydrazine groups is 2. The third-order valence-electron chi connectivity index (χ3n) is 1.26. The molecule has 0 atom stereocenters. The summed E-state index contributed by atoms with van der Waals surface area (Å²) in [6.07, 6.45) is 0. The van der Waals surface area contributed by atoms with Gasteiger partial charge in [-0.25, -0.2) is 0 Å². The van der Waals surface area contributed by atoms with Crippen molar-refractivity contribution >= 4 is 22.2 Å². The standard InChI is InChI=1S/C5H5N3OS/c9-4-3-1-2-10-5(3)7-8-6-4/h1-2,7-8H,(H,6,9). The van der Waals surface area contributed by atoms with Crippen molar-refractivity contribution < 1.29 is 4.79 Å². The zero-order valence-electron chi connectivity index (χ0n) is 4.97. The first kappa shape index (κ1) is 5.70. The van der Waals surface area contributed by atoms with Crippen LogP contribution in [0.15, 0.2) is 11.4 Å². The SMILES string of the molecule is O=C1NNNc2sccc21. The van der Waals surface area contributed by atoms with E-state index in [1.807, 2.05) is 5.38 Å². The Kier molecular flexibility index (Phi) is 1.12. The molecule has 0 aromatic carbocycles. The van der Waals surface area contributed by atoms with Crippen LogP contribution < -0.4 is 16.4 Å². The van der Waals surface area contributed by atoms with Crippen LogP contribution in [0, 0.1) is 0 Å². The molecule has 0 saturated heterocycles. The number of thiophene rings is 1. The summed E-state index contributed by atoms with van der Waals surface area (Å²) in [7, 11) is 0. The first-order valence-corrected chi connectivity index (χ1v) is 3.65. The van der Waals surface area contributed by atoms with Crippen LogP contribution in [0.1, 0.15) is 10.4 Å². The fourth-order valence-corrected chi connectivity index (χ4v) is 1.53. The Labute approximate surface area is 61.2 Å². The highest BCUT2D eigenvalue weighted by atomic mass is 32.1. The normalized spacial score (nSPS) is 15.4. The summed E-state index contributed by atoms with van der Waals surface area (Å²) >= 11 is 1.49. The minimum absolute atomic E-state index is 0.0880. The van der Waals surface area contributed by atoms with E-state index in [-0.39, 0.29) is 5.91 Å². The Morgan fingerprint density at radius 1 is 1.40 bits per heavy atom. The van der Waals surface area contributed by atoms with Crippen molar-refractivity contribution in [2.24, 2.45) is 0 Å². The van der Waals surface area contributed by atoms with Crippen molar-refractivity contribution in [3.8, 4) is 0 Å². The molecule has 0 radical (unpaired) electrons. The Morgan fingerprint density at radius 2 is 2.30 bits per heavy atom. The molecule has 4 nitrogen and oxygen atoms in total. The maximum Gasteiger partial charge on any atom is 0.269 e. The number of carbonyl (C=O) groups is 1. The number of rotatable bonds is 0. The molecule has 1 aliphatic rings. The average Bonchev–Trinajstić information content (AvgIpc) is 2.36. The fraction of sp³-hybridized carbons (Fsp3) is 0. The van der Waals surface area contributed by atoms with Crippen LogP contribution in [0.2, 0.25) is 0 Å². The fourth-order valence-electron chi connectivity index (χ4n) is 0.797. The second kappa shape index (κ2) is 1.96. The maximum absolute atomic E-state index is 10.9. The van der Waals surface area contributed by atoms with Crippen molar-refractivity contribution in [1.29, 1.82) is 0 Å². The van der Waals surface area contributed by atoms with Gasteiger partial charge in [-0.1, -0.05) is 0 Å². The minimum Gasteiger partial charge on any atom is -0.294 e. The molecule has 10 heavy (non-hydrogen) atoms. The van der Waals surface area contributed by atoms with Gasteiger partial charge in [0, 0.05) is 0 Å². The summed E-state index contributed by atoms with van der Waals surface area (Å²) in [5.74, 6) is -0.0880. The summed E-state index contributed by atoms with van der Waals surface area (Å²) in [5.41, 5.74) is 8.48. The minimum atomic E-state index is -0.0880. The first-order chi connectivity index (χ1) is 4.88. The molecular weight excluding hydrogens is 150 g/mol. The maximum atomic E-state index is 10.9. The highest BCUT2D eigenvalue weighted by Crippen LogP contribution is 2.23. The molecule has 0 aliphatic carbocycles. The summed E-state index contributed by atoms with van der Waals surface area (Å²) in [6.45, 7) is 0. The molecule has 1 amide bonds. The van der Waals surface area contributed by atoms with Crippen molar-refractivity contribution in [2.45, 2.75) is 0 Å². The highest BCUT2D eigenvalue weighted by Gasteiger charge is 2.15. The van der Waals surface area contributed by atoms with Crippen molar-refractivity contribution in [2.75, 3.05) is 5.43 Å². The molecule has 0 saturated carbocycles. The monoisotopic (exact) mass is 155 g/mol. The first-order valence-electron chi connectivity index (χ1n) is 2.77. The van der Waals surface area contributed by atoms with Gasteiger partial charge in [-0.2, -0.15) is 0 Å². The topological polar surface area (TPSA) is 53.2 Å². The van der Waals surface area contributed by atoms with Gasteiger partial charge in [0.1, 0.15) is 5.00 Å². The summed E-state index contributed by atoms with van der Waals surface area (Å²) < 4.78 is 0. The van der Waals surface area contributed by atoms with Crippen molar-refractivity contribution in [3.63, 3.8) is 0 Å². The largest absolute Gasteiger partial charge is 0.294 e. The molecule has 2 heterocycles. The molecule has 0 unspecified atom stereocenters. The van der Waals surface area contributed by atoms with Crippen LogP contribution in [0.5, 0.6) is 0 Å². The quantitative estimate of drug-likeness (QED) is 0.506. The zero-order valence-corrected chi connectivity index (χ0v) is 5.79. The summed E-state index contributed by atoms with van der Waals surface area (Å²) in [6, 6.07) is 1.78. The second-order valence-electron chi connectivity index (χ2n) is 1.87. The van der Waals surface area contributed by atoms with Crippen LogP contribution in [0.3, 0.4) is 0 Å². The van der Waals surface area contributed by atoms with E-state index in [2.05, 4.69) is 16.4 Å². The van der Waals surface area contributed by atoms with E-state index in [1.165, 1.54) is 11.3 Å². The highest BCUT2D eigenvalue weighted by molar-refractivity contribution is 7.14. The molecule has 2 rings (SSSR count). The van der Waals surface area contributed by atoms with Gasteiger partial charge < -0.3 is 0 Å². The molecule has 3 N–H and O–H groups in total. The van der Waals surface area contributed by atoms with Crippen LogP contribution >= 0.6 is 11.3 Å².